The molecule has 0 spiro atoms. The SMILES string of the molecule is C=C/C(=C\N=C(N)N)c1cc2cc[nH]c(=O)c2c(Nc2ccc(C)c(OCCN3CCOCC3)c2)n1. The number of allylic oxidation sites excluding steroid dienone is 2. The van der Waals surface area contributed by atoms with Gasteiger partial charge in [0.05, 0.1) is 24.3 Å². The average Bonchev–Trinajstić information content (AvgIpc) is 2.87. The number of nitrogens with zero attached hydrogens (tertiary/aromatic N) is 3. The number of anilines is 2. The lowest BCUT2D eigenvalue weighted by molar-refractivity contribution is 0.0322. The molecule has 10 heteroatoms. The van der Waals surface area contributed by atoms with Gasteiger partial charge < -0.3 is 31.2 Å². The number of aromatic nitrogens is 2. The van der Waals surface area contributed by atoms with E-state index in [2.05, 4.69) is 26.8 Å². The van der Waals surface area contributed by atoms with Crippen LogP contribution in [0, 0.1) is 6.92 Å². The minimum absolute atomic E-state index is 0.0780. The Labute approximate surface area is 209 Å². The molecule has 1 saturated heterocycles. The van der Waals surface area contributed by atoms with E-state index in [0.717, 1.165) is 49.8 Å². The number of hydrogen-bond acceptors (Lipinski definition) is 7. The van der Waals surface area contributed by atoms with Crippen LogP contribution in [0.5, 0.6) is 5.75 Å². The van der Waals surface area contributed by atoms with Crippen LogP contribution in [0.4, 0.5) is 11.5 Å². The van der Waals surface area contributed by atoms with Gasteiger partial charge in [0.15, 0.2) is 5.96 Å². The van der Waals surface area contributed by atoms with Gasteiger partial charge in [0, 0.05) is 49.4 Å². The number of ether oxygens (including phenoxy) is 2. The van der Waals surface area contributed by atoms with E-state index in [1.54, 1.807) is 18.3 Å². The Morgan fingerprint density at radius 2 is 2.11 bits per heavy atom. The predicted molar refractivity (Wildman–Crippen MR) is 144 cm³/mol. The summed E-state index contributed by atoms with van der Waals surface area (Å²) in [5, 5.41) is 4.43. The molecule has 2 aromatic heterocycles. The zero-order valence-corrected chi connectivity index (χ0v) is 20.3. The van der Waals surface area contributed by atoms with Crippen LogP contribution in [0.3, 0.4) is 0 Å². The number of nitrogens with one attached hydrogen (secondary N) is 2. The first-order valence-electron chi connectivity index (χ1n) is 11.7. The number of rotatable bonds is 9. The van der Waals surface area contributed by atoms with Crippen LogP contribution < -0.4 is 27.1 Å². The second-order valence-electron chi connectivity index (χ2n) is 8.38. The summed E-state index contributed by atoms with van der Waals surface area (Å²) < 4.78 is 11.5. The lowest BCUT2D eigenvalue weighted by Gasteiger charge is -2.26. The highest BCUT2D eigenvalue weighted by Crippen LogP contribution is 2.29. The third-order valence-electron chi connectivity index (χ3n) is 5.84. The molecule has 4 rings (SSSR count). The maximum Gasteiger partial charge on any atom is 0.259 e. The highest BCUT2D eigenvalue weighted by molar-refractivity contribution is 5.95. The van der Waals surface area contributed by atoms with Crippen molar-refractivity contribution in [3.05, 3.63) is 77.0 Å². The number of benzene rings is 1. The maximum atomic E-state index is 12.7. The standard InChI is InChI=1S/C26H31N7O3/c1-3-18(16-30-26(27)28)21-14-19-6-7-29-25(34)23(19)24(32-21)31-20-5-4-17(2)22(15-20)36-13-10-33-8-11-35-12-9-33/h3-7,14-16H,1,8-13H2,2H3,(H,29,34)(H,31,32)(H4,27,28,30)/b18-16+. The summed E-state index contributed by atoms with van der Waals surface area (Å²) in [6.45, 7) is 10.6. The van der Waals surface area contributed by atoms with E-state index < -0.39 is 0 Å². The summed E-state index contributed by atoms with van der Waals surface area (Å²) >= 11 is 0. The fourth-order valence-corrected chi connectivity index (χ4v) is 3.90. The van der Waals surface area contributed by atoms with E-state index in [-0.39, 0.29) is 11.5 Å². The minimum Gasteiger partial charge on any atom is -0.492 e. The Morgan fingerprint density at radius 3 is 2.86 bits per heavy atom. The number of fused-ring (bicyclic) bond motifs is 1. The first kappa shape index (κ1) is 25.0. The van der Waals surface area contributed by atoms with Crippen molar-refractivity contribution in [3.63, 3.8) is 0 Å². The largest absolute Gasteiger partial charge is 0.492 e. The molecule has 0 saturated carbocycles. The molecule has 1 aliphatic rings. The summed E-state index contributed by atoms with van der Waals surface area (Å²) in [6.07, 6.45) is 4.68. The molecule has 1 aliphatic heterocycles. The van der Waals surface area contributed by atoms with Crippen LogP contribution in [-0.4, -0.2) is 60.3 Å². The second kappa shape index (κ2) is 11.5. The number of guanidine groups is 1. The number of morpholine rings is 1. The lowest BCUT2D eigenvalue weighted by Crippen LogP contribution is -2.38. The van der Waals surface area contributed by atoms with Crippen LogP contribution >= 0.6 is 0 Å². The van der Waals surface area contributed by atoms with Gasteiger partial charge in [-0.15, -0.1) is 0 Å². The third-order valence-corrected chi connectivity index (χ3v) is 5.84. The summed E-state index contributed by atoms with van der Waals surface area (Å²) in [6, 6.07) is 9.40. The summed E-state index contributed by atoms with van der Waals surface area (Å²) in [5.74, 6) is 1.08. The molecule has 0 bridgehead atoms. The van der Waals surface area contributed by atoms with Gasteiger partial charge >= 0.3 is 0 Å². The number of aromatic amines is 1. The summed E-state index contributed by atoms with van der Waals surface area (Å²) in [7, 11) is 0. The maximum absolute atomic E-state index is 12.7. The van der Waals surface area contributed by atoms with Crippen LogP contribution in [0.25, 0.3) is 16.3 Å². The zero-order chi connectivity index (χ0) is 25.5. The van der Waals surface area contributed by atoms with Crippen molar-refractivity contribution in [1.29, 1.82) is 0 Å². The highest BCUT2D eigenvalue weighted by atomic mass is 16.5. The van der Waals surface area contributed by atoms with Crippen molar-refractivity contribution in [3.8, 4) is 5.75 Å². The first-order valence-corrected chi connectivity index (χ1v) is 11.7. The van der Waals surface area contributed by atoms with E-state index in [4.69, 9.17) is 25.9 Å². The summed E-state index contributed by atoms with van der Waals surface area (Å²) in [4.78, 5) is 26.4. The first-order chi connectivity index (χ1) is 17.4. The molecule has 1 aromatic carbocycles. The fraction of sp³-hybridized carbons (Fsp3) is 0.269. The van der Waals surface area contributed by atoms with Crippen LogP contribution in [0.1, 0.15) is 11.3 Å². The van der Waals surface area contributed by atoms with Crippen molar-refractivity contribution in [2.75, 3.05) is 44.8 Å². The van der Waals surface area contributed by atoms with E-state index in [9.17, 15) is 4.79 Å². The van der Waals surface area contributed by atoms with Crippen molar-refractivity contribution in [1.82, 2.24) is 14.9 Å². The van der Waals surface area contributed by atoms with Crippen molar-refractivity contribution in [2.45, 2.75) is 6.92 Å². The molecule has 0 aliphatic carbocycles. The van der Waals surface area contributed by atoms with Crippen LogP contribution in [-0.2, 0) is 4.74 Å². The average molecular weight is 490 g/mol. The monoisotopic (exact) mass is 489 g/mol. The van der Waals surface area contributed by atoms with Gasteiger partial charge in [-0.3, -0.25) is 9.69 Å². The Hall–Kier alpha value is -4.15. The second-order valence-corrected chi connectivity index (χ2v) is 8.38. The molecular formula is C26H31N7O3. The molecule has 0 amide bonds. The number of H-pyrrole nitrogens is 1. The topological polar surface area (TPSA) is 144 Å². The number of aryl methyl sites for hydroxylation is 1. The predicted octanol–water partition coefficient (Wildman–Crippen LogP) is 2.49. The number of nitrogens with two attached hydrogens (primary N) is 2. The number of aliphatic imine (C=N–C) groups is 1. The molecule has 0 unspecified atom stereocenters. The van der Waals surface area contributed by atoms with Gasteiger partial charge in [0.2, 0.25) is 0 Å². The molecule has 3 aromatic rings. The minimum atomic E-state index is -0.253. The third kappa shape index (κ3) is 6.09. The molecular weight excluding hydrogens is 458 g/mol. The molecule has 0 radical (unpaired) electrons. The molecule has 188 valence electrons. The molecule has 36 heavy (non-hydrogen) atoms. The van der Waals surface area contributed by atoms with Crippen LogP contribution in [0.2, 0.25) is 0 Å². The van der Waals surface area contributed by atoms with Crippen molar-refractivity contribution >= 4 is 33.8 Å². The van der Waals surface area contributed by atoms with Gasteiger partial charge in [-0.25, -0.2) is 9.98 Å². The molecule has 0 atom stereocenters. The van der Waals surface area contributed by atoms with Gasteiger partial charge in [-0.05, 0) is 36.1 Å². The van der Waals surface area contributed by atoms with E-state index in [1.165, 1.54) is 6.20 Å². The highest BCUT2D eigenvalue weighted by Gasteiger charge is 2.14. The lowest BCUT2D eigenvalue weighted by atomic mass is 10.1. The fourth-order valence-electron chi connectivity index (χ4n) is 3.90. The van der Waals surface area contributed by atoms with Gasteiger partial charge in [-0.1, -0.05) is 18.7 Å². The smallest absolute Gasteiger partial charge is 0.259 e. The number of pyridine rings is 2. The molecule has 6 N–H and O–H groups in total. The van der Waals surface area contributed by atoms with Crippen molar-refractivity contribution < 1.29 is 9.47 Å². The van der Waals surface area contributed by atoms with Crippen LogP contribution in [0.15, 0.2) is 65.2 Å². The molecule has 10 nitrogen and oxygen atoms in total. The molecule has 1 fully saturated rings. The van der Waals surface area contributed by atoms with E-state index in [0.29, 0.717) is 34.5 Å². The zero-order valence-electron chi connectivity index (χ0n) is 20.3. The van der Waals surface area contributed by atoms with Gasteiger partial charge in [0.1, 0.15) is 18.2 Å². The van der Waals surface area contributed by atoms with E-state index >= 15 is 0 Å². The van der Waals surface area contributed by atoms with Gasteiger partial charge in [0.25, 0.3) is 5.56 Å². The Kier molecular flexibility index (Phi) is 7.99. The summed E-state index contributed by atoms with van der Waals surface area (Å²) in [5.41, 5.74) is 13.6. The van der Waals surface area contributed by atoms with Gasteiger partial charge in [-0.2, -0.15) is 0 Å². The van der Waals surface area contributed by atoms with Crippen molar-refractivity contribution in [2.24, 2.45) is 16.5 Å². The van der Waals surface area contributed by atoms with E-state index in [1.807, 2.05) is 31.2 Å². The Morgan fingerprint density at radius 1 is 1.31 bits per heavy atom. The molecule has 3 heterocycles. The Bertz CT molecular complexity index is 1350. The normalized spacial score (nSPS) is 14.4. The number of hydrogen-bond donors (Lipinski definition) is 4. The Balaban J connectivity index is 1.63. The quantitative estimate of drug-likeness (QED) is 0.204.